The first-order valence-corrected chi connectivity index (χ1v) is 8.26. The lowest BCUT2D eigenvalue weighted by Crippen LogP contribution is -2.01. The summed E-state index contributed by atoms with van der Waals surface area (Å²) in [4.78, 5) is 9.77. The summed E-state index contributed by atoms with van der Waals surface area (Å²) in [6.07, 6.45) is 1.04. The van der Waals surface area contributed by atoms with Gasteiger partial charge in [-0.1, -0.05) is 42.8 Å². The van der Waals surface area contributed by atoms with E-state index in [0.29, 0.717) is 11.1 Å². The van der Waals surface area contributed by atoms with Crippen LogP contribution in [-0.4, -0.2) is 16.5 Å². The third-order valence-electron chi connectivity index (χ3n) is 3.40. The Hall–Kier alpha value is -1.65. The summed E-state index contributed by atoms with van der Waals surface area (Å²) in [5.41, 5.74) is 3.58. The SMILES string of the molecule is CCNc1nc(Cl)c2c(-c3ccc(CC)cc3)csc2n1. The number of nitrogens with zero attached hydrogens (tertiary/aromatic N) is 2. The number of rotatable bonds is 4. The molecule has 0 aliphatic carbocycles. The summed E-state index contributed by atoms with van der Waals surface area (Å²) in [5.74, 6) is 0.588. The van der Waals surface area contributed by atoms with E-state index in [1.54, 1.807) is 11.3 Å². The van der Waals surface area contributed by atoms with Crippen LogP contribution in [0.4, 0.5) is 5.95 Å². The van der Waals surface area contributed by atoms with Crippen molar-refractivity contribution >= 4 is 39.1 Å². The van der Waals surface area contributed by atoms with Gasteiger partial charge in [0.1, 0.15) is 9.98 Å². The second-order valence-electron chi connectivity index (χ2n) is 4.75. The zero-order valence-corrected chi connectivity index (χ0v) is 13.6. The molecule has 2 heterocycles. The van der Waals surface area contributed by atoms with E-state index in [2.05, 4.69) is 51.9 Å². The summed E-state index contributed by atoms with van der Waals surface area (Å²) in [5, 5.41) is 6.65. The van der Waals surface area contributed by atoms with E-state index in [9.17, 15) is 0 Å². The number of halogens is 1. The van der Waals surface area contributed by atoms with E-state index in [0.717, 1.165) is 34.3 Å². The number of fused-ring (bicyclic) bond motifs is 1. The van der Waals surface area contributed by atoms with Gasteiger partial charge in [0.15, 0.2) is 0 Å². The van der Waals surface area contributed by atoms with Gasteiger partial charge in [-0.05, 0) is 24.5 Å². The number of benzene rings is 1. The van der Waals surface area contributed by atoms with E-state index in [1.165, 1.54) is 5.56 Å². The molecule has 0 saturated carbocycles. The fourth-order valence-corrected chi connectivity index (χ4v) is 3.54. The fraction of sp³-hybridized carbons (Fsp3) is 0.250. The van der Waals surface area contributed by atoms with Crippen LogP contribution in [0.1, 0.15) is 19.4 Å². The molecule has 0 aliphatic rings. The van der Waals surface area contributed by atoms with Gasteiger partial charge in [-0.3, -0.25) is 0 Å². The molecule has 3 aromatic rings. The molecule has 0 unspecified atom stereocenters. The van der Waals surface area contributed by atoms with Crippen LogP contribution in [0.15, 0.2) is 29.6 Å². The number of hydrogen-bond acceptors (Lipinski definition) is 4. The van der Waals surface area contributed by atoms with Gasteiger partial charge in [0.05, 0.1) is 5.39 Å². The van der Waals surface area contributed by atoms with E-state index >= 15 is 0 Å². The van der Waals surface area contributed by atoms with Crippen molar-refractivity contribution in [2.24, 2.45) is 0 Å². The molecule has 0 aliphatic heterocycles. The highest BCUT2D eigenvalue weighted by Gasteiger charge is 2.13. The Bertz CT molecular complexity index is 765. The van der Waals surface area contributed by atoms with Crippen molar-refractivity contribution in [1.82, 2.24) is 9.97 Å². The highest BCUT2D eigenvalue weighted by atomic mass is 35.5. The zero-order chi connectivity index (χ0) is 14.8. The highest BCUT2D eigenvalue weighted by Crippen LogP contribution is 2.37. The zero-order valence-electron chi connectivity index (χ0n) is 12.0. The number of aromatic nitrogens is 2. The van der Waals surface area contributed by atoms with Gasteiger partial charge in [-0.25, -0.2) is 9.97 Å². The minimum absolute atomic E-state index is 0.506. The molecule has 3 rings (SSSR count). The van der Waals surface area contributed by atoms with Gasteiger partial charge in [-0.15, -0.1) is 11.3 Å². The maximum Gasteiger partial charge on any atom is 0.225 e. The highest BCUT2D eigenvalue weighted by molar-refractivity contribution is 7.17. The average molecular weight is 318 g/mol. The van der Waals surface area contributed by atoms with Crippen LogP contribution in [0.2, 0.25) is 5.15 Å². The Morgan fingerprint density at radius 2 is 1.90 bits per heavy atom. The van der Waals surface area contributed by atoms with Crippen molar-refractivity contribution in [2.75, 3.05) is 11.9 Å². The average Bonchev–Trinajstić information content (AvgIpc) is 2.92. The van der Waals surface area contributed by atoms with Crippen LogP contribution in [0.3, 0.4) is 0 Å². The van der Waals surface area contributed by atoms with Crippen molar-refractivity contribution in [3.63, 3.8) is 0 Å². The normalized spacial score (nSPS) is 11.0. The van der Waals surface area contributed by atoms with Crippen LogP contribution >= 0.6 is 22.9 Å². The molecule has 5 heteroatoms. The van der Waals surface area contributed by atoms with Crippen molar-refractivity contribution in [1.29, 1.82) is 0 Å². The van der Waals surface area contributed by atoms with Crippen LogP contribution in [0.25, 0.3) is 21.3 Å². The van der Waals surface area contributed by atoms with E-state index in [4.69, 9.17) is 11.6 Å². The van der Waals surface area contributed by atoms with Crippen molar-refractivity contribution in [3.8, 4) is 11.1 Å². The lowest BCUT2D eigenvalue weighted by Gasteiger charge is -2.05. The molecule has 0 bridgehead atoms. The molecule has 0 spiro atoms. The Labute approximate surface area is 133 Å². The molecule has 0 fully saturated rings. The summed E-state index contributed by atoms with van der Waals surface area (Å²) in [7, 11) is 0. The number of nitrogens with one attached hydrogen (secondary N) is 1. The first-order valence-electron chi connectivity index (χ1n) is 7.00. The van der Waals surface area contributed by atoms with Crippen LogP contribution in [0, 0.1) is 0 Å². The first-order chi connectivity index (χ1) is 10.2. The molecule has 1 aromatic carbocycles. The monoisotopic (exact) mass is 317 g/mol. The third kappa shape index (κ3) is 2.74. The minimum atomic E-state index is 0.506. The first kappa shape index (κ1) is 14.3. The third-order valence-corrected chi connectivity index (χ3v) is 4.54. The van der Waals surface area contributed by atoms with Gasteiger partial charge in [0.25, 0.3) is 0 Å². The predicted molar refractivity (Wildman–Crippen MR) is 91.4 cm³/mol. The molecule has 0 saturated heterocycles. The summed E-state index contributed by atoms with van der Waals surface area (Å²) in [6, 6.07) is 8.57. The summed E-state index contributed by atoms with van der Waals surface area (Å²) >= 11 is 7.97. The van der Waals surface area contributed by atoms with Gasteiger partial charge in [0, 0.05) is 17.5 Å². The van der Waals surface area contributed by atoms with Gasteiger partial charge >= 0.3 is 0 Å². The van der Waals surface area contributed by atoms with E-state index < -0.39 is 0 Å². The minimum Gasteiger partial charge on any atom is -0.354 e. The number of aryl methyl sites for hydroxylation is 1. The topological polar surface area (TPSA) is 37.8 Å². The predicted octanol–water partition coefficient (Wildman–Crippen LogP) is 5.01. The Morgan fingerprint density at radius 3 is 2.57 bits per heavy atom. The maximum absolute atomic E-state index is 6.37. The van der Waals surface area contributed by atoms with Gasteiger partial charge < -0.3 is 5.32 Å². The number of anilines is 1. The Kier molecular flexibility index (Phi) is 4.08. The smallest absolute Gasteiger partial charge is 0.225 e. The molecule has 108 valence electrons. The molecule has 3 nitrogen and oxygen atoms in total. The van der Waals surface area contributed by atoms with Crippen LogP contribution in [-0.2, 0) is 6.42 Å². The van der Waals surface area contributed by atoms with Crippen molar-refractivity contribution in [3.05, 3.63) is 40.4 Å². The standard InChI is InChI=1S/C16H16ClN3S/c1-3-10-5-7-11(8-6-10)12-9-21-15-13(12)14(17)19-16(20-15)18-4-2/h5-9H,3-4H2,1-2H3,(H,18,19,20). The Morgan fingerprint density at radius 1 is 1.14 bits per heavy atom. The van der Waals surface area contributed by atoms with Crippen LogP contribution in [0.5, 0.6) is 0 Å². The lowest BCUT2D eigenvalue weighted by molar-refractivity contribution is 1.11. The largest absolute Gasteiger partial charge is 0.354 e. The lowest BCUT2D eigenvalue weighted by atomic mass is 10.0. The second kappa shape index (κ2) is 6.00. The number of hydrogen-bond donors (Lipinski definition) is 1. The molecular formula is C16H16ClN3S. The maximum atomic E-state index is 6.37. The molecule has 2 aromatic heterocycles. The van der Waals surface area contributed by atoms with Crippen molar-refractivity contribution in [2.45, 2.75) is 20.3 Å². The molecule has 21 heavy (non-hydrogen) atoms. The summed E-state index contributed by atoms with van der Waals surface area (Å²) < 4.78 is 0. The fourth-order valence-electron chi connectivity index (χ4n) is 2.27. The van der Waals surface area contributed by atoms with E-state index in [-0.39, 0.29) is 0 Å². The quantitative estimate of drug-likeness (QED) is 0.688. The van der Waals surface area contributed by atoms with Gasteiger partial charge in [-0.2, -0.15) is 0 Å². The number of thiophene rings is 1. The molecular weight excluding hydrogens is 302 g/mol. The molecule has 0 amide bonds. The molecule has 0 radical (unpaired) electrons. The summed E-state index contributed by atoms with van der Waals surface area (Å²) in [6.45, 7) is 4.94. The Balaban J connectivity index is 2.10. The molecule has 1 N–H and O–H groups in total. The molecule has 0 atom stereocenters. The van der Waals surface area contributed by atoms with Crippen molar-refractivity contribution < 1.29 is 0 Å². The van der Waals surface area contributed by atoms with E-state index in [1.807, 2.05) is 6.92 Å². The van der Waals surface area contributed by atoms with Gasteiger partial charge in [0.2, 0.25) is 5.95 Å². The second-order valence-corrected chi connectivity index (χ2v) is 5.96. The van der Waals surface area contributed by atoms with Crippen LogP contribution < -0.4 is 5.32 Å².